The lowest BCUT2D eigenvalue weighted by Gasteiger charge is -2.09. The van der Waals surface area contributed by atoms with Gasteiger partial charge in [-0.2, -0.15) is 0 Å². The van der Waals surface area contributed by atoms with E-state index < -0.39 is 9.84 Å². The molecular formula is C17H23NO5S2. The molecule has 0 aromatic heterocycles. The van der Waals surface area contributed by atoms with E-state index >= 15 is 0 Å². The van der Waals surface area contributed by atoms with Crippen molar-refractivity contribution in [2.75, 3.05) is 29.2 Å². The molecule has 138 valence electrons. The molecule has 0 aliphatic carbocycles. The third kappa shape index (κ3) is 6.70. The third-order valence-electron chi connectivity index (χ3n) is 3.78. The Labute approximate surface area is 152 Å². The van der Waals surface area contributed by atoms with Gasteiger partial charge < -0.3 is 10.1 Å². The molecular weight excluding hydrogens is 362 g/mol. The van der Waals surface area contributed by atoms with Crippen LogP contribution in [0.3, 0.4) is 0 Å². The molecule has 0 spiro atoms. The first-order valence-electron chi connectivity index (χ1n) is 8.28. The van der Waals surface area contributed by atoms with Crippen LogP contribution in [0.25, 0.3) is 0 Å². The zero-order chi connectivity index (χ0) is 18.3. The number of thioether (sulfide) groups is 1. The number of unbranched alkanes of at least 4 members (excludes halogenated alkanes) is 1. The molecule has 1 fully saturated rings. The normalized spacial score (nSPS) is 18.7. The molecule has 2 rings (SSSR count). The highest BCUT2D eigenvalue weighted by atomic mass is 32.2. The van der Waals surface area contributed by atoms with Crippen LogP contribution >= 0.6 is 11.8 Å². The lowest BCUT2D eigenvalue weighted by atomic mass is 10.2. The number of amides is 1. The summed E-state index contributed by atoms with van der Waals surface area (Å²) in [6.07, 6.45) is 2.40. The molecule has 1 aliphatic heterocycles. The molecule has 1 aromatic rings. The van der Waals surface area contributed by atoms with Gasteiger partial charge in [0.15, 0.2) is 9.84 Å². The zero-order valence-corrected chi connectivity index (χ0v) is 15.8. The Morgan fingerprint density at radius 1 is 1.28 bits per heavy atom. The summed E-state index contributed by atoms with van der Waals surface area (Å²) in [5.74, 6) is 0.0139. The van der Waals surface area contributed by atoms with E-state index in [0.29, 0.717) is 24.3 Å². The molecule has 0 unspecified atom stereocenters. The summed E-state index contributed by atoms with van der Waals surface area (Å²) in [6.45, 7) is 2.43. The number of esters is 1. The third-order valence-corrected chi connectivity index (χ3v) is 7.06. The van der Waals surface area contributed by atoms with Crippen LogP contribution in [0.15, 0.2) is 24.3 Å². The predicted molar refractivity (Wildman–Crippen MR) is 99.8 cm³/mol. The number of carbonyl (C=O) groups excluding carboxylic acids is 2. The van der Waals surface area contributed by atoms with E-state index in [1.807, 2.05) is 6.92 Å². The van der Waals surface area contributed by atoms with Crippen LogP contribution < -0.4 is 5.32 Å². The predicted octanol–water partition coefficient (Wildman–Crippen LogP) is 2.50. The number of anilines is 1. The molecule has 0 saturated carbocycles. The molecule has 1 N–H and O–H groups in total. The number of nitrogens with one attached hydrogen (secondary N) is 1. The largest absolute Gasteiger partial charge is 0.462 e. The van der Waals surface area contributed by atoms with E-state index in [0.717, 1.165) is 12.8 Å². The SMILES string of the molecule is CCCCOC(=O)c1ccc(NC(=O)CS[C@@H]2CCS(=O)(=O)C2)cc1. The average molecular weight is 386 g/mol. The highest BCUT2D eigenvalue weighted by molar-refractivity contribution is 8.02. The van der Waals surface area contributed by atoms with Crippen LogP contribution in [0.5, 0.6) is 0 Å². The summed E-state index contributed by atoms with van der Waals surface area (Å²) in [5.41, 5.74) is 1.04. The molecule has 1 heterocycles. The fraction of sp³-hybridized carbons (Fsp3) is 0.529. The number of sulfone groups is 1. The monoisotopic (exact) mass is 385 g/mol. The Kier molecular flexibility index (Phi) is 7.31. The standard InChI is InChI=1S/C17H23NO5S2/c1-2-3-9-23-17(20)13-4-6-14(7-5-13)18-16(19)11-24-15-8-10-25(21,22)12-15/h4-7,15H,2-3,8-12H2,1H3,(H,18,19)/t15-/m1/s1. The summed E-state index contributed by atoms with van der Waals surface area (Å²) in [7, 11) is -2.92. The Balaban J connectivity index is 1.76. The van der Waals surface area contributed by atoms with Crippen LogP contribution in [0.2, 0.25) is 0 Å². The van der Waals surface area contributed by atoms with E-state index in [2.05, 4.69) is 5.32 Å². The quantitative estimate of drug-likeness (QED) is 0.546. The number of rotatable bonds is 8. The van der Waals surface area contributed by atoms with Crippen LogP contribution in [-0.2, 0) is 19.4 Å². The molecule has 1 aliphatic rings. The second-order valence-corrected chi connectivity index (χ2v) is 9.47. The molecule has 0 bridgehead atoms. The molecule has 1 aromatic carbocycles. The highest BCUT2D eigenvalue weighted by Crippen LogP contribution is 2.24. The summed E-state index contributed by atoms with van der Waals surface area (Å²) in [4.78, 5) is 23.7. The summed E-state index contributed by atoms with van der Waals surface area (Å²) >= 11 is 1.37. The minimum Gasteiger partial charge on any atom is -0.462 e. The first-order valence-corrected chi connectivity index (χ1v) is 11.2. The van der Waals surface area contributed by atoms with Crippen LogP contribution in [0.1, 0.15) is 36.5 Å². The Hall–Kier alpha value is -1.54. The number of hydrogen-bond donors (Lipinski definition) is 1. The van der Waals surface area contributed by atoms with Gasteiger partial charge in [0.05, 0.1) is 29.4 Å². The second kappa shape index (κ2) is 9.24. The highest BCUT2D eigenvalue weighted by Gasteiger charge is 2.28. The number of hydrogen-bond acceptors (Lipinski definition) is 6. The van der Waals surface area contributed by atoms with Gasteiger partial charge in [-0.25, -0.2) is 13.2 Å². The van der Waals surface area contributed by atoms with Crippen molar-refractivity contribution < 1.29 is 22.7 Å². The molecule has 6 nitrogen and oxygen atoms in total. The topological polar surface area (TPSA) is 89.5 Å². The van der Waals surface area contributed by atoms with Gasteiger partial charge in [-0.1, -0.05) is 13.3 Å². The number of benzene rings is 1. The Bertz CT molecular complexity index is 700. The maximum atomic E-state index is 12.0. The van der Waals surface area contributed by atoms with Gasteiger partial charge in [-0.15, -0.1) is 11.8 Å². The van der Waals surface area contributed by atoms with Crippen molar-refractivity contribution in [1.29, 1.82) is 0 Å². The van der Waals surface area contributed by atoms with Crippen molar-refractivity contribution >= 4 is 39.2 Å². The molecule has 0 radical (unpaired) electrons. The minimum absolute atomic E-state index is 0.00369. The zero-order valence-electron chi connectivity index (χ0n) is 14.2. The molecule has 25 heavy (non-hydrogen) atoms. The number of carbonyl (C=O) groups is 2. The Morgan fingerprint density at radius 3 is 2.60 bits per heavy atom. The van der Waals surface area contributed by atoms with Crippen LogP contribution in [0.4, 0.5) is 5.69 Å². The summed E-state index contributed by atoms with van der Waals surface area (Å²) in [5, 5.41) is 2.74. The van der Waals surface area contributed by atoms with Crippen molar-refractivity contribution in [2.24, 2.45) is 0 Å². The maximum Gasteiger partial charge on any atom is 0.338 e. The van der Waals surface area contributed by atoms with Gasteiger partial charge in [0.25, 0.3) is 0 Å². The summed E-state index contributed by atoms with van der Waals surface area (Å²) < 4.78 is 27.9. The molecule has 8 heteroatoms. The Morgan fingerprint density at radius 2 is 2.00 bits per heavy atom. The van der Waals surface area contributed by atoms with E-state index in [9.17, 15) is 18.0 Å². The van der Waals surface area contributed by atoms with E-state index in [-0.39, 0.29) is 34.4 Å². The molecule has 1 amide bonds. The fourth-order valence-electron chi connectivity index (χ4n) is 2.37. The lowest BCUT2D eigenvalue weighted by Crippen LogP contribution is -2.17. The van der Waals surface area contributed by atoms with Crippen LogP contribution in [0, 0.1) is 0 Å². The van der Waals surface area contributed by atoms with Gasteiger partial charge in [0.2, 0.25) is 5.91 Å². The first kappa shape index (κ1) is 19.8. The van der Waals surface area contributed by atoms with Gasteiger partial charge in [-0.05, 0) is 37.1 Å². The smallest absolute Gasteiger partial charge is 0.338 e. The van der Waals surface area contributed by atoms with Crippen LogP contribution in [-0.4, -0.2) is 49.4 Å². The van der Waals surface area contributed by atoms with Crippen molar-refractivity contribution in [3.63, 3.8) is 0 Å². The van der Waals surface area contributed by atoms with Crippen molar-refractivity contribution in [3.05, 3.63) is 29.8 Å². The van der Waals surface area contributed by atoms with E-state index in [4.69, 9.17) is 4.74 Å². The molecule has 1 saturated heterocycles. The van der Waals surface area contributed by atoms with Gasteiger partial charge >= 0.3 is 5.97 Å². The second-order valence-electron chi connectivity index (χ2n) is 5.95. The van der Waals surface area contributed by atoms with E-state index in [1.165, 1.54) is 11.8 Å². The van der Waals surface area contributed by atoms with Crippen molar-refractivity contribution in [2.45, 2.75) is 31.4 Å². The maximum absolute atomic E-state index is 12.0. The van der Waals surface area contributed by atoms with E-state index in [1.54, 1.807) is 24.3 Å². The number of ether oxygens (including phenoxy) is 1. The lowest BCUT2D eigenvalue weighted by molar-refractivity contribution is -0.113. The minimum atomic E-state index is -2.92. The van der Waals surface area contributed by atoms with Crippen molar-refractivity contribution in [1.82, 2.24) is 0 Å². The average Bonchev–Trinajstić information content (AvgIpc) is 2.93. The first-order chi connectivity index (χ1) is 11.9. The molecule has 1 atom stereocenters. The van der Waals surface area contributed by atoms with Crippen molar-refractivity contribution in [3.8, 4) is 0 Å². The van der Waals surface area contributed by atoms with Gasteiger partial charge in [0.1, 0.15) is 0 Å². The fourth-order valence-corrected chi connectivity index (χ4v) is 5.81. The summed E-state index contributed by atoms with van der Waals surface area (Å²) in [6, 6.07) is 6.53. The van der Waals surface area contributed by atoms with Gasteiger partial charge in [0, 0.05) is 10.9 Å². The van der Waals surface area contributed by atoms with Gasteiger partial charge in [-0.3, -0.25) is 4.79 Å².